The Hall–Kier alpha value is 0.0274. The third kappa shape index (κ3) is 1.98. The molecule has 0 saturated carbocycles. The first-order valence-corrected chi connectivity index (χ1v) is 1.75. The zero-order valence-electron chi connectivity index (χ0n) is 4.10. The Kier molecular flexibility index (Phi) is 2.37. The molecule has 1 N–H and O–H groups in total. The summed E-state index contributed by atoms with van der Waals surface area (Å²) < 4.78 is 0. The van der Waals surface area contributed by atoms with Gasteiger partial charge in [0.25, 0.3) is 0 Å². The number of carboxylic acid groups (broad SMARTS) is 1. The van der Waals surface area contributed by atoms with E-state index in [1.54, 1.807) is 0 Å². The zero-order chi connectivity index (χ0) is 4.57. The number of carbonyl (C=O) groups is 1. The van der Waals surface area contributed by atoms with Gasteiger partial charge in [-0.1, -0.05) is 0 Å². The van der Waals surface area contributed by atoms with E-state index in [1.807, 2.05) is 0 Å². The van der Waals surface area contributed by atoms with E-state index in [4.69, 9.17) is 0 Å². The number of rotatable bonds is 1. The standard InChI is InChI=1S/C3H5NO2.Li/c5-3(6)2-1-4-2;/h2,4H,1H2,(H,5,6);/q;+1/p-1. The molecule has 1 heterocycles. The van der Waals surface area contributed by atoms with Crippen molar-refractivity contribution >= 4 is 5.97 Å². The molecule has 4 heteroatoms. The van der Waals surface area contributed by atoms with Gasteiger partial charge in [0.05, 0.1) is 12.0 Å². The van der Waals surface area contributed by atoms with Gasteiger partial charge in [0, 0.05) is 6.54 Å². The van der Waals surface area contributed by atoms with E-state index in [-0.39, 0.29) is 24.9 Å². The Morgan fingerprint density at radius 2 is 2.29 bits per heavy atom. The molecule has 1 aliphatic rings. The largest absolute Gasteiger partial charge is 1.00 e. The second-order valence-electron chi connectivity index (χ2n) is 1.28. The van der Waals surface area contributed by atoms with Gasteiger partial charge in [-0.15, -0.1) is 0 Å². The molecule has 0 aromatic rings. The molecular formula is C3H4LiNO2. The molecule has 7 heavy (non-hydrogen) atoms. The zero-order valence-corrected chi connectivity index (χ0v) is 4.10. The second kappa shape index (κ2) is 2.36. The number of carbonyl (C=O) groups excluding carboxylic acids is 1. The maximum atomic E-state index is 9.59. The summed E-state index contributed by atoms with van der Waals surface area (Å²) in [5, 5.41) is 12.2. The summed E-state index contributed by atoms with van der Waals surface area (Å²) >= 11 is 0. The number of hydrogen-bond donors (Lipinski definition) is 1. The van der Waals surface area contributed by atoms with E-state index >= 15 is 0 Å². The van der Waals surface area contributed by atoms with Gasteiger partial charge < -0.3 is 15.2 Å². The van der Waals surface area contributed by atoms with Crippen LogP contribution in [0.15, 0.2) is 0 Å². The average molecular weight is 93.0 g/mol. The van der Waals surface area contributed by atoms with Crippen molar-refractivity contribution in [2.75, 3.05) is 6.54 Å². The molecule has 0 bridgehead atoms. The van der Waals surface area contributed by atoms with Gasteiger partial charge in [0.15, 0.2) is 0 Å². The minimum absolute atomic E-state index is 0. The number of nitrogens with one attached hydrogen (secondary N) is 1. The van der Waals surface area contributed by atoms with Gasteiger partial charge in [-0.3, -0.25) is 0 Å². The van der Waals surface area contributed by atoms with Crippen LogP contribution in [0.3, 0.4) is 0 Å². The van der Waals surface area contributed by atoms with E-state index in [0.717, 1.165) is 0 Å². The Balaban J connectivity index is 0.000000360. The predicted molar refractivity (Wildman–Crippen MR) is 16.8 cm³/mol. The normalized spacial score (nSPS) is 25.4. The molecule has 1 rings (SSSR count). The summed E-state index contributed by atoms with van der Waals surface area (Å²) in [5.41, 5.74) is 0. The van der Waals surface area contributed by atoms with E-state index in [0.29, 0.717) is 6.54 Å². The molecule has 3 nitrogen and oxygen atoms in total. The van der Waals surface area contributed by atoms with Gasteiger partial charge in [-0.2, -0.15) is 0 Å². The minimum Gasteiger partial charge on any atom is -0.548 e. The minimum atomic E-state index is -0.991. The van der Waals surface area contributed by atoms with Crippen LogP contribution < -0.4 is 29.3 Å². The molecule has 1 atom stereocenters. The smallest absolute Gasteiger partial charge is 0.548 e. The van der Waals surface area contributed by atoms with Crippen LogP contribution >= 0.6 is 0 Å². The summed E-state index contributed by atoms with van der Waals surface area (Å²) in [5.74, 6) is -0.991. The summed E-state index contributed by atoms with van der Waals surface area (Å²) in [4.78, 5) is 9.59. The first-order valence-electron chi connectivity index (χ1n) is 1.75. The van der Waals surface area contributed by atoms with Crippen molar-refractivity contribution in [3.63, 3.8) is 0 Å². The van der Waals surface area contributed by atoms with E-state index in [9.17, 15) is 9.90 Å². The fraction of sp³-hybridized carbons (Fsp3) is 0.667. The number of aliphatic carboxylic acids is 1. The van der Waals surface area contributed by atoms with E-state index in [2.05, 4.69) is 5.32 Å². The van der Waals surface area contributed by atoms with Crippen molar-refractivity contribution in [3.8, 4) is 0 Å². The van der Waals surface area contributed by atoms with Crippen molar-refractivity contribution in [1.82, 2.24) is 5.32 Å². The van der Waals surface area contributed by atoms with Gasteiger partial charge in [0.1, 0.15) is 0 Å². The van der Waals surface area contributed by atoms with Crippen LogP contribution in [0.2, 0.25) is 0 Å². The summed E-state index contributed by atoms with van der Waals surface area (Å²) in [6.45, 7) is 0.586. The average Bonchev–Trinajstić information content (AvgIpc) is 2.06. The van der Waals surface area contributed by atoms with Crippen molar-refractivity contribution < 1.29 is 28.8 Å². The molecule has 0 aromatic heterocycles. The fourth-order valence-electron chi connectivity index (χ4n) is 0.226. The SMILES string of the molecule is O=C([O-])C1CN1.[Li+]. The first-order chi connectivity index (χ1) is 2.80. The van der Waals surface area contributed by atoms with Crippen LogP contribution in [0, 0.1) is 0 Å². The van der Waals surface area contributed by atoms with Gasteiger partial charge in [0.2, 0.25) is 0 Å². The summed E-state index contributed by atoms with van der Waals surface area (Å²) in [6, 6.07) is -0.343. The van der Waals surface area contributed by atoms with Crippen LogP contribution in [0.25, 0.3) is 0 Å². The van der Waals surface area contributed by atoms with Gasteiger partial charge >= 0.3 is 18.9 Å². The van der Waals surface area contributed by atoms with E-state index in [1.165, 1.54) is 0 Å². The number of hydrogen-bond acceptors (Lipinski definition) is 3. The molecule has 0 spiro atoms. The van der Waals surface area contributed by atoms with Crippen LogP contribution in [0.5, 0.6) is 0 Å². The first kappa shape index (κ1) is 7.03. The van der Waals surface area contributed by atoms with Crippen LogP contribution in [0.4, 0.5) is 0 Å². The molecule has 1 unspecified atom stereocenters. The summed E-state index contributed by atoms with van der Waals surface area (Å²) in [7, 11) is 0. The van der Waals surface area contributed by atoms with Gasteiger partial charge in [-0.05, 0) is 0 Å². The molecule has 1 saturated heterocycles. The third-order valence-corrected chi connectivity index (χ3v) is 0.693. The molecule has 0 aromatic carbocycles. The Morgan fingerprint density at radius 1 is 1.86 bits per heavy atom. The summed E-state index contributed by atoms with van der Waals surface area (Å²) in [6.07, 6.45) is 0. The topological polar surface area (TPSA) is 62.1 Å². The van der Waals surface area contributed by atoms with Crippen molar-refractivity contribution in [2.24, 2.45) is 0 Å². The Labute approximate surface area is 53.3 Å². The molecule has 34 valence electrons. The van der Waals surface area contributed by atoms with E-state index < -0.39 is 5.97 Å². The molecule has 1 aliphatic heterocycles. The second-order valence-corrected chi connectivity index (χ2v) is 1.28. The van der Waals surface area contributed by atoms with Crippen molar-refractivity contribution in [3.05, 3.63) is 0 Å². The van der Waals surface area contributed by atoms with Crippen LogP contribution in [-0.2, 0) is 4.79 Å². The maximum Gasteiger partial charge on any atom is 1.00 e. The fourth-order valence-corrected chi connectivity index (χ4v) is 0.226. The maximum absolute atomic E-state index is 9.59. The van der Waals surface area contributed by atoms with Crippen molar-refractivity contribution in [1.29, 1.82) is 0 Å². The monoisotopic (exact) mass is 93.0 g/mol. The third-order valence-electron chi connectivity index (χ3n) is 0.693. The van der Waals surface area contributed by atoms with Gasteiger partial charge in [-0.25, -0.2) is 0 Å². The predicted octanol–water partition coefficient (Wildman–Crippen LogP) is -5.29. The quantitative estimate of drug-likeness (QED) is 0.260. The molecule has 0 radical (unpaired) electrons. The Bertz CT molecular complexity index is 81.0. The van der Waals surface area contributed by atoms with Crippen LogP contribution in [0.1, 0.15) is 0 Å². The molecule has 0 aliphatic carbocycles. The molecular weight excluding hydrogens is 89.0 g/mol. The van der Waals surface area contributed by atoms with Crippen molar-refractivity contribution in [2.45, 2.75) is 6.04 Å². The molecule has 1 fully saturated rings. The van der Waals surface area contributed by atoms with Crippen LogP contribution in [-0.4, -0.2) is 18.6 Å². The number of carboxylic acids is 1. The molecule has 0 amide bonds. The Morgan fingerprint density at radius 3 is 2.29 bits per heavy atom.